The van der Waals surface area contributed by atoms with E-state index in [0.717, 1.165) is 10.0 Å². The average molecular weight is 267 g/mol. The molecule has 17 heavy (non-hydrogen) atoms. The second kappa shape index (κ2) is 5.11. The molecule has 2 heterocycles. The first kappa shape index (κ1) is 11.8. The van der Waals surface area contributed by atoms with E-state index >= 15 is 0 Å². The van der Waals surface area contributed by atoms with E-state index in [0.29, 0.717) is 10.9 Å². The molecule has 88 valence electrons. The maximum absolute atomic E-state index is 8.61. The molecule has 2 aromatic rings. The van der Waals surface area contributed by atoms with Gasteiger partial charge in [-0.15, -0.1) is 11.3 Å². The molecule has 0 unspecified atom stereocenters. The van der Waals surface area contributed by atoms with Gasteiger partial charge in [0.25, 0.3) is 0 Å². The van der Waals surface area contributed by atoms with Crippen LogP contribution in [0.25, 0.3) is 0 Å². The Balaban J connectivity index is 2.32. The van der Waals surface area contributed by atoms with E-state index in [1.165, 1.54) is 23.1 Å². The van der Waals surface area contributed by atoms with E-state index in [2.05, 4.69) is 20.1 Å². The monoisotopic (exact) mass is 267 g/mol. The maximum Gasteiger partial charge on any atom is 0.195 e. The van der Waals surface area contributed by atoms with Crippen LogP contribution in [0.5, 0.6) is 0 Å². The zero-order chi connectivity index (χ0) is 12.3. The van der Waals surface area contributed by atoms with E-state index in [1.807, 2.05) is 12.3 Å². The van der Waals surface area contributed by atoms with E-state index in [9.17, 15) is 0 Å². The van der Waals surface area contributed by atoms with Crippen LogP contribution in [0.15, 0.2) is 32.3 Å². The first-order chi connectivity index (χ1) is 8.19. The molecule has 0 aliphatic rings. The molecule has 6 nitrogen and oxygen atoms in total. The Morgan fingerprint density at radius 1 is 1.53 bits per heavy atom. The number of rotatable bonds is 3. The normalized spacial score (nSPS) is 11.7. The highest BCUT2D eigenvalue weighted by molar-refractivity contribution is 8.00. The summed E-state index contributed by atoms with van der Waals surface area (Å²) in [7, 11) is 0. The Labute approximate surface area is 106 Å². The fourth-order valence-corrected chi connectivity index (χ4v) is 2.65. The molecule has 0 saturated heterocycles. The molecule has 0 saturated carbocycles. The lowest BCUT2D eigenvalue weighted by Crippen LogP contribution is -2.16. The third kappa shape index (κ3) is 2.92. The number of aromatic nitrogens is 3. The van der Waals surface area contributed by atoms with Crippen molar-refractivity contribution < 1.29 is 5.21 Å². The van der Waals surface area contributed by atoms with Crippen molar-refractivity contribution in [1.29, 1.82) is 0 Å². The molecule has 0 atom stereocenters. The smallest absolute Gasteiger partial charge is 0.195 e. The molecule has 2 rings (SSSR count). The maximum atomic E-state index is 8.61. The van der Waals surface area contributed by atoms with E-state index in [4.69, 9.17) is 10.9 Å². The summed E-state index contributed by atoms with van der Waals surface area (Å²) in [6, 6.07) is 1.65. The zero-order valence-electron chi connectivity index (χ0n) is 8.86. The number of nitrogens with two attached hydrogens (primary N) is 1. The quantitative estimate of drug-likeness (QED) is 0.287. The highest BCUT2D eigenvalue weighted by Gasteiger charge is 2.08. The van der Waals surface area contributed by atoms with Gasteiger partial charge in [-0.3, -0.25) is 0 Å². The molecule has 3 N–H and O–H groups in total. The fourth-order valence-electron chi connectivity index (χ4n) is 1.11. The molecule has 0 spiro atoms. The predicted molar refractivity (Wildman–Crippen MR) is 65.5 cm³/mol. The molecule has 0 aromatic carbocycles. The minimum atomic E-state index is -0.0310. The highest BCUT2D eigenvalue weighted by Crippen LogP contribution is 2.26. The zero-order valence-corrected chi connectivity index (χ0v) is 10.5. The molecular formula is C9H9N5OS2. The number of hydrogen-bond donors (Lipinski definition) is 2. The van der Waals surface area contributed by atoms with Gasteiger partial charge in [0.1, 0.15) is 5.69 Å². The summed E-state index contributed by atoms with van der Waals surface area (Å²) in [5.74, 6) is -0.0310. The van der Waals surface area contributed by atoms with E-state index in [-0.39, 0.29) is 5.84 Å². The van der Waals surface area contributed by atoms with Crippen molar-refractivity contribution in [2.24, 2.45) is 10.9 Å². The van der Waals surface area contributed by atoms with Crippen molar-refractivity contribution in [2.75, 3.05) is 0 Å². The van der Waals surface area contributed by atoms with Crippen molar-refractivity contribution in [2.45, 2.75) is 16.4 Å². The Kier molecular flexibility index (Phi) is 3.55. The van der Waals surface area contributed by atoms with Crippen molar-refractivity contribution in [3.05, 3.63) is 29.0 Å². The average Bonchev–Trinajstić information content (AvgIpc) is 2.80. The SMILES string of the molecule is Cc1cc(/C(N)=N/O)nc(Sc2nccs2)n1. The number of amidine groups is 1. The number of nitrogens with zero attached hydrogens (tertiary/aromatic N) is 4. The lowest BCUT2D eigenvalue weighted by Gasteiger charge is -2.02. The lowest BCUT2D eigenvalue weighted by atomic mass is 10.3. The van der Waals surface area contributed by atoms with Crippen LogP contribution in [0.1, 0.15) is 11.4 Å². The van der Waals surface area contributed by atoms with Crippen LogP contribution in [0.3, 0.4) is 0 Å². The highest BCUT2D eigenvalue weighted by atomic mass is 32.2. The van der Waals surface area contributed by atoms with Gasteiger partial charge < -0.3 is 10.9 Å². The molecule has 0 radical (unpaired) electrons. The summed E-state index contributed by atoms with van der Waals surface area (Å²) >= 11 is 2.85. The van der Waals surface area contributed by atoms with E-state index in [1.54, 1.807) is 12.3 Å². The number of oxime groups is 1. The van der Waals surface area contributed by atoms with Gasteiger partial charge in [-0.25, -0.2) is 15.0 Å². The van der Waals surface area contributed by atoms with Crippen LogP contribution in [0.2, 0.25) is 0 Å². The molecule has 0 amide bonds. The number of aryl methyl sites for hydroxylation is 1. The van der Waals surface area contributed by atoms with Crippen LogP contribution >= 0.6 is 23.1 Å². The Bertz CT molecular complexity index is 540. The topological polar surface area (TPSA) is 97.3 Å². The Morgan fingerprint density at radius 2 is 2.35 bits per heavy atom. The Morgan fingerprint density at radius 3 is 3.00 bits per heavy atom. The van der Waals surface area contributed by atoms with Crippen molar-refractivity contribution in [1.82, 2.24) is 15.0 Å². The summed E-state index contributed by atoms with van der Waals surface area (Å²) in [5.41, 5.74) is 6.65. The second-order valence-electron chi connectivity index (χ2n) is 3.06. The van der Waals surface area contributed by atoms with Crippen LogP contribution < -0.4 is 5.73 Å². The van der Waals surface area contributed by atoms with Gasteiger partial charge in [0, 0.05) is 17.3 Å². The van der Waals surface area contributed by atoms with Gasteiger partial charge in [-0.2, -0.15) is 0 Å². The molecule has 0 aliphatic carbocycles. The molecule has 0 fully saturated rings. The summed E-state index contributed by atoms with van der Waals surface area (Å²) in [6.45, 7) is 1.82. The van der Waals surface area contributed by atoms with Crippen molar-refractivity contribution >= 4 is 28.9 Å². The van der Waals surface area contributed by atoms with Gasteiger partial charge in [0.05, 0.1) is 0 Å². The predicted octanol–water partition coefficient (Wildman–Crippen LogP) is 1.49. The van der Waals surface area contributed by atoms with Crippen LogP contribution in [-0.2, 0) is 0 Å². The molecule has 8 heteroatoms. The lowest BCUT2D eigenvalue weighted by molar-refractivity contribution is 0.318. The molecule has 2 aromatic heterocycles. The molecule has 0 aliphatic heterocycles. The third-order valence-electron chi connectivity index (χ3n) is 1.79. The van der Waals surface area contributed by atoms with Crippen LogP contribution in [0.4, 0.5) is 0 Å². The van der Waals surface area contributed by atoms with Crippen molar-refractivity contribution in [3.63, 3.8) is 0 Å². The summed E-state index contributed by atoms with van der Waals surface area (Å²) in [6.07, 6.45) is 1.72. The molecule has 0 bridgehead atoms. The minimum absolute atomic E-state index is 0.0310. The van der Waals surface area contributed by atoms with Gasteiger partial charge >= 0.3 is 0 Å². The summed E-state index contributed by atoms with van der Waals surface area (Å²) < 4.78 is 0.848. The number of thiazole rings is 1. The molecular weight excluding hydrogens is 258 g/mol. The standard InChI is InChI=1S/C9H9N5OS2/c1-5-4-6(7(10)14-15)13-8(12-5)17-9-11-2-3-16-9/h2-4,15H,1H3,(H2,10,14). The van der Waals surface area contributed by atoms with Gasteiger partial charge in [0.15, 0.2) is 15.3 Å². The van der Waals surface area contributed by atoms with Gasteiger partial charge in [0.2, 0.25) is 0 Å². The van der Waals surface area contributed by atoms with Gasteiger partial charge in [-0.05, 0) is 24.8 Å². The summed E-state index contributed by atoms with van der Waals surface area (Å²) in [4.78, 5) is 12.6. The van der Waals surface area contributed by atoms with Crippen LogP contribution in [0, 0.1) is 6.92 Å². The largest absolute Gasteiger partial charge is 0.409 e. The summed E-state index contributed by atoms with van der Waals surface area (Å²) in [5, 5.41) is 13.9. The van der Waals surface area contributed by atoms with E-state index < -0.39 is 0 Å². The minimum Gasteiger partial charge on any atom is -0.409 e. The first-order valence-corrected chi connectivity index (χ1v) is 6.29. The van der Waals surface area contributed by atoms with Gasteiger partial charge in [-0.1, -0.05) is 5.16 Å². The third-order valence-corrected chi connectivity index (χ3v) is 3.54. The first-order valence-electron chi connectivity index (χ1n) is 4.60. The second-order valence-corrected chi connectivity index (χ2v) is 5.17. The van der Waals surface area contributed by atoms with Crippen molar-refractivity contribution in [3.8, 4) is 0 Å². The van der Waals surface area contributed by atoms with Crippen LogP contribution in [-0.4, -0.2) is 26.0 Å². The fraction of sp³-hybridized carbons (Fsp3) is 0.111. The number of hydrogen-bond acceptors (Lipinski definition) is 7. The Hall–Kier alpha value is -1.67.